The monoisotopic (exact) mass is 238 g/mol. The van der Waals surface area contributed by atoms with E-state index in [0.29, 0.717) is 0 Å². The molecule has 0 aliphatic rings. The first kappa shape index (κ1) is 12.6. The lowest BCUT2D eigenvalue weighted by atomic mass is 9.82. The van der Waals surface area contributed by atoms with Gasteiger partial charge in [-0.1, -0.05) is 66.7 Å². The SMILES string of the molecule is OB(O)Cc1ccc(/C=C/c2ccccc2)cc1. The lowest BCUT2D eigenvalue weighted by Crippen LogP contribution is -2.14. The summed E-state index contributed by atoms with van der Waals surface area (Å²) in [5.74, 6) is 0. The van der Waals surface area contributed by atoms with Crippen LogP contribution in [0.2, 0.25) is 0 Å². The molecular weight excluding hydrogens is 223 g/mol. The Hall–Kier alpha value is -1.84. The van der Waals surface area contributed by atoms with Crippen LogP contribution in [0.3, 0.4) is 0 Å². The molecule has 0 aliphatic heterocycles. The summed E-state index contributed by atoms with van der Waals surface area (Å²) in [5.41, 5.74) is 3.17. The highest BCUT2D eigenvalue weighted by atomic mass is 16.4. The molecule has 2 N–H and O–H groups in total. The van der Waals surface area contributed by atoms with Gasteiger partial charge in [0.25, 0.3) is 0 Å². The fraction of sp³-hybridized carbons (Fsp3) is 0.0667. The average Bonchev–Trinajstić information content (AvgIpc) is 2.38. The number of benzene rings is 2. The fourth-order valence-corrected chi connectivity index (χ4v) is 1.73. The predicted molar refractivity (Wildman–Crippen MR) is 75.7 cm³/mol. The molecule has 0 unspecified atom stereocenters. The second-order valence-electron chi connectivity index (χ2n) is 4.17. The van der Waals surface area contributed by atoms with E-state index in [1.54, 1.807) is 0 Å². The van der Waals surface area contributed by atoms with Crippen molar-refractivity contribution >= 4 is 19.3 Å². The van der Waals surface area contributed by atoms with Gasteiger partial charge in [0.05, 0.1) is 0 Å². The molecule has 18 heavy (non-hydrogen) atoms. The maximum Gasteiger partial charge on any atom is 0.456 e. The van der Waals surface area contributed by atoms with Gasteiger partial charge in [0, 0.05) is 6.32 Å². The summed E-state index contributed by atoms with van der Waals surface area (Å²) in [4.78, 5) is 0. The fourth-order valence-electron chi connectivity index (χ4n) is 1.73. The predicted octanol–water partition coefficient (Wildman–Crippen LogP) is 2.41. The van der Waals surface area contributed by atoms with E-state index in [0.717, 1.165) is 16.7 Å². The Morgan fingerprint density at radius 3 is 1.89 bits per heavy atom. The molecular formula is C15H15BO2. The van der Waals surface area contributed by atoms with Crippen molar-refractivity contribution in [2.24, 2.45) is 0 Å². The summed E-state index contributed by atoms with van der Waals surface area (Å²) in [6.45, 7) is 0. The minimum absolute atomic E-state index is 0.267. The van der Waals surface area contributed by atoms with Gasteiger partial charge in [0.15, 0.2) is 0 Å². The largest absolute Gasteiger partial charge is 0.456 e. The van der Waals surface area contributed by atoms with Crippen LogP contribution < -0.4 is 0 Å². The van der Waals surface area contributed by atoms with Gasteiger partial charge in [-0.15, -0.1) is 0 Å². The Kier molecular flexibility index (Phi) is 4.34. The highest BCUT2D eigenvalue weighted by Crippen LogP contribution is 2.10. The zero-order valence-electron chi connectivity index (χ0n) is 10.0. The molecule has 0 spiro atoms. The normalized spacial score (nSPS) is 10.8. The van der Waals surface area contributed by atoms with Crippen LogP contribution in [0.25, 0.3) is 12.2 Å². The summed E-state index contributed by atoms with van der Waals surface area (Å²) >= 11 is 0. The quantitative estimate of drug-likeness (QED) is 0.634. The van der Waals surface area contributed by atoms with Gasteiger partial charge in [-0.05, 0) is 16.7 Å². The Morgan fingerprint density at radius 1 is 0.778 bits per heavy atom. The molecule has 0 saturated heterocycles. The van der Waals surface area contributed by atoms with Crippen molar-refractivity contribution in [1.82, 2.24) is 0 Å². The first-order chi connectivity index (χ1) is 8.74. The topological polar surface area (TPSA) is 40.5 Å². The van der Waals surface area contributed by atoms with E-state index in [2.05, 4.69) is 6.08 Å². The minimum Gasteiger partial charge on any atom is -0.427 e. The molecule has 0 atom stereocenters. The zero-order valence-corrected chi connectivity index (χ0v) is 10.0. The smallest absolute Gasteiger partial charge is 0.427 e. The molecule has 0 aliphatic carbocycles. The third-order valence-electron chi connectivity index (χ3n) is 2.67. The minimum atomic E-state index is -1.28. The van der Waals surface area contributed by atoms with Crippen LogP contribution in [0, 0.1) is 0 Å². The molecule has 2 aromatic rings. The number of hydrogen-bond acceptors (Lipinski definition) is 2. The van der Waals surface area contributed by atoms with Crippen molar-refractivity contribution in [3.05, 3.63) is 71.3 Å². The van der Waals surface area contributed by atoms with E-state index in [4.69, 9.17) is 10.0 Å². The van der Waals surface area contributed by atoms with Crippen LogP contribution in [-0.4, -0.2) is 17.2 Å². The summed E-state index contributed by atoms with van der Waals surface area (Å²) < 4.78 is 0. The number of hydrogen-bond donors (Lipinski definition) is 2. The molecule has 3 heteroatoms. The lowest BCUT2D eigenvalue weighted by molar-refractivity contribution is 0.405. The maximum atomic E-state index is 8.87. The van der Waals surface area contributed by atoms with E-state index < -0.39 is 7.12 Å². The molecule has 2 nitrogen and oxygen atoms in total. The summed E-state index contributed by atoms with van der Waals surface area (Å²) in [6.07, 6.45) is 4.35. The van der Waals surface area contributed by atoms with E-state index in [1.807, 2.05) is 60.7 Å². The first-order valence-electron chi connectivity index (χ1n) is 5.92. The van der Waals surface area contributed by atoms with Crippen molar-refractivity contribution in [3.8, 4) is 0 Å². The second kappa shape index (κ2) is 6.19. The van der Waals surface area contributed by atoms with E-state index in [9.17, 15) is 0 Å². The van der Waals surface area contributed by atoms with Crippen molar-refractivity contribution in [2.75, 3.05) is 0 Å². The molecule has 90 valence electrons. The van der Waals surface area contributed by atoms with Gasteiger partial charge < -0.3 is 10.0 Å². The molecule has 0 radical (unpaired) electrons. The van der Waals surface area contributed by atoms with Crippen LogP contribution >= 0.6 is 0 Å². The standard InChI is InChI=1S/C15H15BO2/c17-16(18)12-15-10-8-14(9-11-15)7-6-13-4-2-1-3-5-13/h1-11,17-18H,12H2/b7-6+. The van der Waals surface area contributed by atoms with Crippen LogP contribution in [0.5, 0.6) is 0 Å². The Labute approximate surface area is 107 Å². The molecule has 2 rings (SSSR count). The summed E-state index contributed by atoms with van der Waals surface area (Å²) in [7, 11) is -1.28. The van der Waals surface area contributed by atoms with E-state index in [1.165, 1.54) is 0 Å². The first-order valence-corrected chi connectivity index (χ1v) is 5.92. The van der Waals surface area contributed by atoms with Gasteiger partial charge in [-0.3, -0.25) is 0 Å². The molecule has 0 fully saturated rings. The third-order valence-corrected chi connectivity index (χ3v) is 2.67. The van der Waals surface area contributed by atoms with Crippen molar-refractivity contribution in [3.63, 3.8) is 0 Å². The van der Waals surface area contributed by atoms with Crippen molar-refractivity contribution in [2.45, 2.75) is 6.32 Å². The summed E-state index contributed by atoms with van der Waals surface area (Å²) in [5, 5.41) is 17.7. The number of rotatable bonds is 4. The second-order valence-corrected chi connectivity index (χ2v) is 4.17. The Balaban J connectivity index is 2.04. The van der Waals surface area contributed by atoms with Gasteiger partial charge in [0.2, 0.25) is 0 Å². The van der Waals surface area contributed by atoms with Gasteiger partial charge in [-0.25, -0.2) is 0 Å². The van der Waals surface area contributed by atoms with Crippen molar-refractivity contribution in [1.29, 1.82) is 0 Å². The molecule has 0 bridgehead atoms. The molecule has 0 aromatic heterocycles. The highest BCUT2D eigenvalue weighted by Gasteiger charge is 2.06. The Bertz CT molecular complexity index is 504. The van der Waals surface area contributed by atoms with Crippen molar-refractivity contribution < 1.29 is 10.0 Å². The molecule has 0 heterocycles. The zero-order chi connectivity index (χ0) is 12.8. The van der Waals surface area contributed by atoms with Crippen LogP contribution in [0.4, 0.5) is 0 Å². The Morgan fingerprint density at radius 2 is 1.33 bits per heavy atom. The third kappa shape index (κ3) is 3.88. The van der Waals surface area contributed by atoms with Gasteiger partial charge in [-0.2, -0.15) is 0 Å². The lowest BCUT2D eigenvalue weighted by Gasteiger charge is -2.00. The summed E-state index contributed by atoms with van der Waals surface area (Å²) in [6, 6.07) is 17.9. The highest BCUT2D eigenvalue weighted by molar-refractivity contribution is 6.40. The van der Waals surface area contributed by atoms with Gasteiger partial charge >= 0.3 is 7.12 Å². The van der Waals surface area contributed by atoms with Crippen LogP contribution in [0.15, 0.2) is 54.6 Å². The average molecular weight is 238 g/mol. The molecule has 0 amide bonds. The van der Waals surface area contributed by atoms with Gasteiger partial charge in [0.1, 0.15) is 0 Å². The van der Waals surface area contributed by atoms with Crippen LogP contribution in [-0.2, 0) is 6.32 Å². The molecule has 0 saturated carbocycles. The molecule has 2 aromatic carbocycles. The van der Waals surface area contributed by atoms with E-state index >= 15 is 0 Å². The van der Waals surface area contributed by atoms with E-state index in [-0.39, 0.29) is 6.32 Å². The van der Waals surface area contributed by atoms with Crippen LogP contribution in [0.1, 0.15) is 16.7 Å². The maximum absolute atomic E-state index is 8.87.